The summed E-state index contributed by atoms with van der Waals surface area (Å²) in [4.78, 5) is 11.7. The number of ether oxygens (including phenoxy) is 1. The van der Waals surface area contributed by atoms with Crippen molar-refractivity contribution in [2.45, 2.75) is 38.3 Å². The van der Waals surface area contributed by atoms with Gasteiger partial charge in [-0.15, -0.1) is 0 Å². The predicted octanol–water partition coefficient (Wildman–Crippen LogP) is 3.51. The van der Waals surface area contributed by atoms with Gasteiger partial charge in [0.2, 0.25) is 5.88 Å². The Bertz CT molecular complexity index is 1010. The summed E-state index contributed by atoms with van der Waals surface area (Å²) >= 11 is 0. The minimum Gasteiger partial charge on any atom is -0.439 e. The molecule has 6 heteroatoms. The number of nitriles is 1. The Morgan fingerprint density at radius 3 is 2.78 bits per heavy atom. The van der Waals surface area contributed by atoms with Gasteiger partial charge in [0, 0.05) is 50.4 Å². The minimum atomic E-state index is 0.477. The van der Waals surface area contributed by atoms with E-state index in [9.17, 15) is 0 Å². The zero-order valence-electron chi connectivity index (χ0n) is 15.1. The maximum atomic E-state index is 8.86. The molecular formula is C21H21N5O. The molecule has 0 bridgehead atoms. The summed E-state index contributed by atoms with van der Waals surface area (Å²) in [7, 11) is 0. The Kier molecular flexibility index (Phi) is 4.02. The van der Waals surface area contributed by atoms with E-state index in [-0.39, 0.29) is 0 Å². The number of benzene rings is 1. The standard InChI is InChI=1S/C21H21N5O/c22-13-15-4-7-21(23-14-15)27-17-5-6-19-18(12-17)24-20-8-9-25(10-11-26(19)20)16-2-1-3-16/h4-7,12,14,16H,1-3,8-11H2. The molecule has 0 N–H and O–H groups in total. The Morgan fingerprint density at radius 1 is 1.11 bits per heavy atom. The second kappa shape index (κ2) is 6.67. The lowest BCUT2D eigenvalue weighted by Gasteiger charge is -2.36. The highest BCUT2D eigenvalue weighted by Crippen LogP contribution is 2.29. The van der Waals surface area contributed by atoms with Crippen LogP contribution < -0.4 is 4.74 Å². The molecule has 0 radical (unpaired) electrons. The highest BCUT2D eigenvalue weighted by molar-refractivity contribution is 5.78. The lowest BCUT2D eigenvalue weighted by Crippen LogP contribution is -2.41. The molecule has 1 aliphatic carbocycles. The first kappa shape index (κ1) is 16.3. The van der Waals surface area contributed by atoms with Gasteiger partial charge in [-0.05, 0) is 31.0 Å². The molecule has 0 unspecified atom stereocenters. The predicted molar refractivity (Wildman–Crippen MR) is 102 cm³/mol. The third-order valence-corrected chi connectivity index (χ3v) is 5.71. The number of pyridine rings is 1. The smallest absolute Gasteiger partial charge is 0.219 e. The van der Waals surface area contributed by atoms with Gasteiger partial charge in [-0.1, -0.05) is 6.42 Å². The van der Waals surface area contributed by atoms with Gasteiger partial charge in [0.1, 0.15) is 17.6 Å². The first-order chi connectivity index (χ1) is 13.3. The van der Waals surface area contributed by atoms with Gasteiger partial charge in [-0.2, -0.15) is 5.26 Å². The zero-order chi connectivity index (χ0) is 18.2. The van der Waals surface area contributed by atoms with Crippen molar-refractivity contribution in [3.05, 3.63) is 47.9 Å². The molecule has 0 atom stereocenters. The highest BCUT2D eigenvalue weighted by atomic mass is 16.5. The molecule has 1 fully saturated rings. The number of rotatable bonds is 3. The number of hydrogen-bond donors (Lipinski definition) is 0. The van der Waals surface area contributed by atoms with Crippen LogP contribution in [0.2, 0.25) is 0 Å². The summed E-state index contributed by atoms with van der Waals surface area (Å²) in [5.41, 5.74) is 2.65. The zero-order valence-corrected chi connectivity index (χ0v) is 15.1. The number of aromatic nitrogens is 3. The molecule has 5 rings (SSSR count). The van der Waals surface area contributed by atoms with Gasteiger partial charge in [0.25, 0.3) is 0 Å². The summed E-state index contributed by atoms with van der Waals surface area (Å²) in [6.45, 7) is 3.21. The number of imidazole rings is 1. The van der Waals surface area contributed by atoms with Gasteiger partial charge in [-0.25, -0.2) is 9.97 Å². The van der Waals surface area contributed by atoms with Crippen LogP contribution in [0.4, 0.5) is 0 Å². The normalized spacial score (nSPS) is 17.7. The van der Waals surface area contributed by atoms with Gasteiger partial charge in [-0.3, -0.25) is 4.90 Å². The molecule has 0 spiro atoms. The van der Waals surface area contributed by atoms with Crippen molar-refractivity contribution in [3.63, 3.8) is 0 Å². The molecule has 1 aromatic carbocycles. The molecule has 27 heavy (non-hydrogen) atoms. The van der Waals surface area contributed by atoms with Gasteiger partial charge < -0.3 is 9.30 Å². The van der Waals surface area contributed by atoms with Crippen molar-refractivity contribution in [3.8, 4) is 17.7 Å². The maximum Gasteiger partial charge on any atom is 0.219 e. The van der Waals surface area contributed by atoms with E-state index in [1.54, 1.807) is 12.1 Å². The summed E-state index contributed by atoms with van der Waals surface area (Å²) < 4.78 is 8.19. The number of nitrogens with zero attached hydrogens (tertiary/aromatic N) is 5. The van der Waals surface area contributed by atoms with Crippen molar-refractivity contribution >= 4 is 11.0 Å². The van der Waals surface area contributed by atoms with E-state index in [0.29, 0.717) is 17.2 Å². The molecular weight excluding hydrogens is 338 g/mol. The Balaban J connectivity index is 1.37. The van der Waals surface area contributed by atoms with Crippen molar-refractivity contribution in [2.24, 2.45) is 0 Å². The van der Waals surface area contributed by atoms with Crippen molar-refractivity contribution in [1.29, 1.82) is 5.26 Å². The van der Waals surface area contributed by atoms with Gasteiger partial charge >= 0.3 is 0 Å². The van der Waals surface area contributed by atoms with Crippen LogP contribution in [0.15, 0.2) is 36.5 Å². The van der Waals surface area contributed by atoms with Crippen molar-refractivity contribution < 1.29 is 4.74 Å². The highest BCUT2D eigenvalue weighted by Gasteiger charge is 2.27. The van der Waals surface area contributed by atoms with Crippen LogP contribution in [0.1, 0.15) is 30.7 Å². The number of fused-ring (bicyclic) bond motifs is 3. The molecule has 2 aliphatic rings. The molecule has 1 aliphatic heterocycles. The van der Waals surface area contributed by atoms with E-state index in [4.69, 9.17) is 15.0 Å². The van der Waals surface area contributed by atoms with Crippen molar-refractivity contribution in [2.75, 3.05) is 13.1 Å². The second-order valence-electron chi connectivity index (χ2n) is 7.30. The van der Waals surface area contributed by atoms with E-state index < -0.39 is 0 Å². The summed E-state index contributed by atoms with van der Waals surface area (Å²) in [6, 6.07) is 12.3. The van der Waals surface area contributed by atoms with Crippen LogP contribution in [0.3, 0.4) is 0 Å². The van der Waals surface area contributed by atoms with E-state index in [1.807, 2.05) is 12.1 Å². The van der Waals surface area contributed by atoms with Crippen LogP contribution in [-0.4, -0.2) is 38.6 Å². The van der Waals surface area contributed by atoms with Crippen LogP contribution in [0, 0.1) is 11.3 Å². The number of hydrogen-bond acceptors (Lipinski definition) is 5. The summed E-state index contributed by atoms with van der Waals surface area (Å²) in [5.74, 6) is 2.36. The Hall–Kier alpha value is -2.91. The topological polar surface area (TPSA) is 67.0 Å². The van der Waals surface area contributed by atoms with Crippen LogP contribution in [0.25, 0.3) is 11.0 Å². The fourth-order valence-electron chi connectivity index (χ4n) is 3.99. The first-order valence-corrected chi connectivity index (χ1v) is 9.57. The summed E-state index contributed by atoms with van der Waals surface area (Å²) in [6.07, 6.45) is 6.60. The first-order valence-electron chi connectivity index (χ1n) is 9.57. The fourth-order valence-corrected chi connectivity index (χ4v) is 3.99. The van der Waals surface area contributed by atoms with Crippen LogP contribution in [-0.2, 0) is 13.0 Å². The Labute approximate surface area is 158 Å². The molecule has 6 nitrogen and oxygen atoms in total. The van der Waals surface area contributed by atoms with Gasteiger partial charge in [0.15, 0.2) is 0 Å². The van der Waals surface area contributed by atoms with Crippen LogP contribution in [0.5, 0.6) is 11.6 Å². The monoisotopic (exact) mass is 359 g/mol. The average Bonchev–Trinajstić information content (AvgIpc) is 2.87. The Morgan fingerprint density at radius 2 is 2.04 bits per heavy atom. The molecule has 2 aromatic heterocycles. The average molecular weight is 359 g/mol. The molecule has 0 saturated heterocycles. The van der Waals surface area contributed by atoms with E-state index >= 15 is 0 Å². The lowest BCUT2D eigenvalue weighted by atomic mass is 9.91. The molecule has 136 valence electrons. The SMILES string of the molecule is N#Cc1ccc(Oc2ccc3c(c2)nc2n3CCN(C3CCC3)CC2)nc1. The van der Waals surface area contributed by atoms with E-state index in [2.05, 4.69) is 26.6 Å². The maximum absolute atomic E-state index is 8.86. The van der Waals surface area contributed by atoms with Gasteiger partial charge in [0.05, 0.1) is 16.6 Å². The largest absolute Gasteiger partial charge is 0.439 e. The van der Waals surface area contributed by atoms with Crippen molar-refractivity contribution in [1.82, 2.24) is 19.4 Å². The van der Waals surface area contributed by atoms with E-state index in [1.165, 1.54) is 36.8 Å². The fraction of sp³-hybridized carbons (Fsp3) is 0.381. The third kappa shape index (κ3) is 3.04. The lowest BCUT2D eigenvalue weighted by molar-refractivity contribution is 0.130. The second-order valence-corrected chi connectivity index (χ2v) is 7.30. The van der Waals surface area contributed by atoms with Crippen LogP contribution >= 0.6 is 0 Å². The summed E-state index contributed by atoms with van der Waals surface area (Å²) in [5, 5.41) is 8.86. The molecule has 3 aromatic rings. The van der Waals surface area contributed by atoms with E-state index in [0.717, 1.165) is 37.6 Å². The minimum absolute atomic E-state index is 0.477. The molecule has 0 amide bonds. The molecule has 3 heterocycles. The third-order valence-electron chi connectivity index (χ3n) is 5.71. The molecule has 1 saturated carbocycles. The quantitative estimate of drug-likeness (QED) is 0.716.